The lowest BCUT2D eigenvalue weighted by Crippen LogP contribution is -2.54. The highest BCUT2D eigenvalue weighted by Gasteiger charge is 2.37. The molecule has 2 heterocycles. The van der Waals surface area contributed by atoms with Gasteiger partial charge in [-0.05, 0) is 31.6 Å². The van der Waals surface area contributed by atoms with E-state index in [1.54, 1.807) is 0 Å². The van der Waals surface area contributed by atoms with Gasteiger partial charge in [0, 0.05) is 37.8 Å². The molecule has 3 rings (SSSR count). The third-order valence-electron chi connectivity index (χ3n) is 5.69. The van der Waals surface area contributed by atoms with Crippen LogP contribution in [0.5, 0.6) is 0 Å². The van der Waals surface area contributed by atoms with Crippen molar-refractivity contribution in [1.82, 2.24) is 15.5 Å². The van der Waals surface area contributed by atoms with Gasteiger partial charge in [0.1, 0.15) is 6.42 Å². The minimum absolute atomic E-state index is 0.282. The summed E-state index contributed by atoms with van der Waals surface area (Å²) in [6, 6.07) is 1.11. The van der Waals surface area contributed by atoms with Gasteiger partial charge in [-0.25, -0.2) is 0 Å². The SMILES string of the molecule is O=C(CC(F)(F)F)N1CCC(NC2CCCC2C2COCCN2)CC1. The fraction of sp³-hybridized carbons (Fsp3) is 0.941. The summed E-state index contributed by atoms with van der Waals surface area (Å²) in [5, 5.41) is 7.26. The zero-order valence-electron chi connectivity index (χ0n) is 14.5. The highest BCUT2D eigenvalue weighted by Crippen LogP contribution is 2.31. The number of piperidine rings is 1. The molecule has 0 bridgehead atoms. The molecule has 1 amide bonds. The van der Waals surface area contributed by atoms with Crippen LogP contribution in [0, 0.1) is 5.92 Å². The molecule has 8 heteroatoms. The van der Waals surface area contributed by atoms with Crippen LogP contribution in [0.25, 0.3) is 0 Å². The number of carbonyl (C=O) groups is 1. The summed E-state index contributed by atoms with van der Waals surface area (Å²) in [5.41, 5.74) is 0. The van der Waals surface area contributed by atoms with Gasteiger partial charge in [0.05, 0.1) is 13.2 Å². The molecule has 0 aromatic carbocycles. The van der Waals surface area contributed by atoms with Gasteiger partial charge in [0.25, 0.3) is 0 Å². The predicted octanol–water partition coefficient (Wildman–Crippen LogP) is 1.68. The van der Waals surface area contributed by atoms with Crippen molar-refractivity contribution in [3.05, 3.63) is 0 Å². The summed E-state index contributed by atoms with van der Waals surface area (Å²) in [5.74, 6) is -0.251. The first-order valence-corrected chi connectivity index (χ1v) is 9.34. The van der Waals surface area contributed by atoms with Crippen LogP contribution >= 0.6 is 0 Å². The monoisotopic (exact) mass is 363 g/mol. The third kappa shape index (κ3) is 5.31. The highest BCUT2D eigenvalue weighted by molar-refractivity contribution is 5.76. The molecule has 2 saturated heterocycles. The fourth-order valence-electron chi connectivity index (χ4n) is 4.42. The second kappa shape index (κ2) is 8.22. The maximum atomic E-state index is 12.4. The van der Waals surface area contributed by atoms with Crippen LogP contribution in [0.1, 0.15) is 38.5 Å². The summed E-state index contributed by atoms with van der Waals surface area (Å²) in [6.45, 7) is 3.25. The van der Waals surface area contributed by atoms with Gasteiger partial charge < -0.3 is 20.3 Å². The Morgan fingerprint density at radius 1 is 1.20 bits per heavy atom. The largest absolute Gasteiger partial charge is 0.397 e. The first kappa shape index (κ1) is 18.9. The molecular weight excluding hydrogens is 335 g/mol. The van der Waals surface area contributed by atoms with Gasteiger partial charge in [-0.1, -0.05) is 6.42 Å². The number of ether oxygens (including phenoxy) is 1. The highest BCUT2D eigenvalue weighted by atomic mass is 19.4. The Hall–Kier alpha value is -0.860. The number of hydrogen-bond acceptors (Lipinski definition) is 4. The molecule has 0 radical (unpaired) electrons. The van der Waals surface area contributed by atoms with E-state index in [1.807, 2.05) is 0 Å². The van der Waals surface area contributed by atoms with Crippen molar-refractivity contribution < 1.29 is 22.7 Å². The number of carbonyl (C=O) groups excluding carboxylic acids is 1. The van der Waals surface area contributed by atoms with Gasteiger partial charge in [0.2, 0.25) is 5.91 Å². The number of likely N-dealkylation sites (tertiary alicyclic amines) is 1. The number of rotatable bonds is 4. The number of hydrogen-bond donors (Lipinski definition) is 2. The van der Waals surface area contributed by atoms with Crippen molar-refractivity contribution in [3.63, 3.8) is 0 Å². The Labute approximate surface area is 146 Å². The maximum absolute atomic E-state index is 12.4. The van der Waals surface area contributed by atoms with Gasteiger partial charge in [0.15, 0.2) is 0 Å². The lowest BCUT2D eigenvalue weighted by molar-refractivity contribution is -0.162. The Morgan fingerprint density at radius 2 is 1.96 bits per heavy atom. The summed E-state index contributed by atoms with van der Waals surface area (Å²) in [4.78, 5) is 13.0. The molecule has 0 aromatic heterocycles. The lowest BCUT2D eigenvalue weighted by atomic mass is 9.92. The first-order chi connectivity index (χ1) is 11.9. The van der Waals surface area contributed by atoms with Crippen molar-refractivity contribution in [2.75, 3.05) is 32.8 Å². The molecule has 2 N–H and O–H groups in total. The molecule has 2 aliphatic heterocycles. The molecule has 3 aliphatic rings. The molecule has 1 saturated carbocycles. The summed E-state index contributed by atoms with van der Waals surface area (Å²) in [7, 11) is 0. The minimum atomic E-state index is -4.42. The zero-order chi connectivity index (χ0) is 17.9. The van der Waals surface area contributed by atoms with Crippen LogP contribution in [0.4, 0.5) is 13.2 Å². The van der Waals surface area contributed by atoms with Gasteiger partial charge in [-0.15, -0.1) is 0 Å². The minimum Gasteiger partial charge on any atom is -0.379 e. The number of nitrogens with zero attached hydrogens (tertiary/aromatic N) is 1. The average molecular weight is 363 g/mol. The second-order valence-electron chi connectivity index (χ2n) is 7.45. The topological polar surface area (TPSA) is 53.6 Å². The molecule has 1 aliphatic carbocycles. The average Bonchev–Trinajstić information content (AvgIpc) is 3.03. The number of nitrogens with one attached hydrogen (secondary N) is 2. The van der Waals surface area contributed by atoms with E-state index in [0.29, 0.717) is 31.1 Å². The van der Waals surface area contributed by atoms with Crippen molar-refractivity contribution in [2.45, 2.75) is 62.8 Å². The third-order valence-corrected chi connectivity index (χ3v) is 5.69. The molecule has 0 spiro atoms. The van der Waals surface area contributed by atoms with Crippen LogP contribution < -0.4 is 10.6 Å². The van der Waals surface area contributed by atoms with E-state index in [-0.39, 0.29) is 6.04 Å². The molecule has 5 nitrogen and oxygen atoms in total. The zero-order valence-corrected chi connectivity index (χ0v) is 14.5. The van der Waals surface area contributed by atoms with Gasteiger partial charge in [-0.2, -0.15) is 13.2 Å². The Bertz CT molecular complexity index is 447. The maximum Gasteiger partial charge on any atom is 0.397 e. The van der Waals surface area contributed by atoms with Crippen LogP contribution in [0.3, 0.4) is 0 Å². The summed E-state index contributed by atoms with van der Waals surface area (Å²) in [6.07, 6.45) is -0.800. The van der Waals surface area contributed by atoms with Crippen molar-refractivity contribution >= 4 is 5.91 Å². The quantitative estimate of drug-likeness (QED) is 0.798. The first-order valence-electron chi connectivity index (χ1n) is 9.34. The number of halogens is 3. The smallest absolute Gasteiger partial charge is 0.379 e. The van der Waals surface area contributed by atoms with E-state index in [1.165, 1.54) is 17.7 Å². The molecule has 0 aromatic rings. The number of morpholine rings is 1. The van der Waals surface area contributed by atoms with Gasteiger partial charge >= 0.3 is 6.18 Å². The molecule has 144 valence electrons. The normalized spacial score (nSPS) is 32.1. The second-order valence-corrected chi connectivity index (χ2v) is 7.45. The van der Waals surface area contributed by atoms with E-state index < -0.39 is 18.5 Å². The fourth-order valence-corrected chi connectivity index (χ4v) is 4.42. The Morgan fingerprint density at radius 3 is 2.60 bits per heavy atom. The summed E-state index contributed by atoms with van der Waals surface area (Å²) < 4.78 is 42.6. The molecule has 3 fully saturated rings. The molecular formula is C17H28F3N3O2. The van der Waals surface area contributed by atoms with Gasteiger partial charge in [-0.3, -0.25) is 4.79 Å². The van der Waals surface area contributed by atoms with E-state index in [4.69, 9.17) is 4.74 Å². The summed E-state index contributed by atoms with van der Waals surface area (Å²) >= 11 is 0. The molecule has 25 heavy (non-hydrogen) atoms. The standard InChI is InChI=1S/C17H28F3N3O2/c18-17(19,20)10-16(24)23-7-4-12(5-8-23)22-14-3-1-2-13(14)15-11-25-9-6-21-15/h12-15,21-22H,1-11H2. The van der Waals surface area contributed by atoms with Crippen molar-refractivity contribution in [2.24, 2.45) is 5.92 Å². The van der Waals surface area contributed by atoms with Crippen LogP contribution in [-0.2, 0) is 9.53 Å². The van der Waals surface area contributed by atoms with E-state index >= 15 is 0 Å². The predicted molar refractivity (Wildman–Crippen MR) is 87.1 cm³/mol. The van der Waals surface area contributed by atoms with Crippen LogP contribution in [0.2, 0.25) is 0 Å². The van der Waals surface area contributed by atoms with Crippen LogP contribution in [0.15, 0.2) is 0 Å². The number of amides is 1. The van der Waals surface area contributed by atoms with E-state index in [0.717, 1.165) is 39.0 Å². The van der Waals surface area contributed by atoms with E-state index in [9.17, 15) is 18.0 Å². The van der Waals surface area contributed by atoms with Crippen LogP contribution in [-0.4, -0.2) is 68.0 Å². The molecule has 3 atom stereocenters. The van der Waals surface area contributed by atoms with Crippen molar-refractivity contribution in [3.8, 4) is 0 Å². The van der Waals surface area contributed by atoms with E-state index in [2.05, 4.69) is 10.6 Å². The molecule has 3 unspecified atom stereocenters. The Kier molecular flexibility index (Phi) is 6.22. The Balaban J connectivity index is 1.44. The lowest BCUT2D eigenvalue weighted by Gasteiger charge is -2.37. The number of alkyl halides is 3. The van der Waals surface area contributed by atoms with Crippen molar-refractivity contribution in [1.29, 1.82) is 0 Å².